The highest BCUT2D eigenvalue weighted by molar-refractivity contribution is 7.87. The van der Waals surface area contributed by atoms with Gasteiger partial charge in [-0.3, -0.25) is 4.79 Å². The Morgan fingerprint density at radius 2 is 2.00 bits per heavy atom. The summed E-state index contributed by atoms with van der Waals surface area (Å²) < 4.78 is 26.0. The lowest BCUT2D eigenvalue weighted by molar-refractivity contribution is -0.126. The molecule has 1 unspecified atom stereocenters. The van der Waals surface area contributed by atoms with Crippen LogP contribution in [0.2, 0.25) is 0 Å². The Morgan fingerprint density at radius 3 is 2.38 bits per heavy atom. The Balaban J connectivity index is 2.95. The van der Waals surface area contributed by atoms with Crippen LogP contribution in [0.1, 0.15) is 19.8 Å². The SMILES string of the molecule is CC(=O)N(C1CCCNC1)S(=O)(=O)N(C)C. The summed E-state index contributed by atoms with van der Waals surface area (Å²) in [5.41, 5.74) is 0. The van der Waals surface area contributed by atoms with Crippen molar-refractivity contribution in [3.63, 3.8) is 0 Å². The molecule has 6 nitrogen and oxygen atoms in total. The number of carbonyl (C=O) groups excluding carboxylic acids is 1. The molecular weight excluding hydrogens is 230 g/mol. The summed E-state index contributed by atoms with van der Waals surface area (Å²) in [6, 6.07) is -0.265. The topological polar surface area (TPSA) is 69.7 Å². The van der Waals surface area contributed by atoms with Gasteiger partial charge >= 0.3 is 10.2 Å². The maximum absolute atomic E-state index is 12.0. The first-order chi connectivity index (χ1) is 7.37. The number of carbonyl (C=O) groups is 1. The highest BCUT2D eigenvalue weighted by atomic mass is 32.2. The molecule has 1 amide bonds. The van der Waals surface area contributed by atoms with Gasteiger partial charge in [0.2, 0.25) is 5.91 Å². The monoisotopic (exact) mass is 249 g/mol. The van der Waals surface area contributed by atoms with Gasteiger partial charge < -0.3 is 5.32 Å². The number of piperidine rings is 1. The summed E-state index contributed by atoms with van der Waals surface area (Å²) in [6.07, 6.45) is 1.61. The molecule has 0 spiro atoms. The predicted octanol–water partition coefficient (Wildman–Crippen LogP) is -0.607. The minimum atomic E-state index is -3.66. The van der Waals surface area contributed by atoms with Crippen molar-refractivity contribution in [2.75, 3.05) is 27.2 Å². The van der Waals surface area contributed by atoms with Gasteiger partial charge in [0.05, 0.1) is 6.04 Å². The molecule has 0 bridgehead atoms. The lowest BCUT2D eigenvalue weighted by Gasteiger charge is -2.34. The average molecular weight is 249 g/mol. The van der Waals surface area contributed by atoms with Crippen LogP contribution in [-0.2, 0) is 15.0 Å². The van der Waals surface area contributed by atoms with E-state index in [9.17, 15) is 13.2 Å². The predicted molar refractivity (Wildman–Crippen MR) is 61.0 cm³/mol. The lowest BCUT2D eigenvalue weighted by Crippen LogP contribution is -2.53. The van der Waals surface area contributed by atoms with E-state index in [4.69, 9.17) is 0 Å². The minimum absolute atomic E-state index is 0.265. The van der Waals surface area contributed by atoms with E-state index in [0.717, 1.165) is 28.0 Å². The van der Waals surface area contributed by atoms with E-state index in [1.54, 1.807) is 0 Å². The van der Waals surface area contributed by atoms with Gasteiger partial charge in [-0.05, 0) is 19.4 Å². The summed E-state index contributed by atoms with van der Waals surface area (Å²) in [6.45, 7) is 2.70. The van der Waals surface area contributed by atoms with Crippen LogP contribution >= 0.6 is 0 Å². The second-order valence-electron chi connectivity index (χ2n) is 4.11. The second-order valence-corrected chi connectivity index (χ2v) is 6.12. The fourth-order valence-corrected chi connectivity index (χ4v) is 3.05. The first kappa shape index (κ1) is 13.4. The Bertz CT molecular complexity index is 347. The number of hydrogen-bond acceptors (Lipinski definition) is 4. The van der Waals surface area contributed by atoms with Crippen molar-refractivity contribution in [2.45, 2.75) is 25.8 Å². The maximum atomic E-state index is 12.0. The zero-order valence-electron chi connectivity index (χ0n) is 9.93. The molecule has 0 aromatic carbocycles. The third-order valence-corrected chi connectivity index (χ3v) is 4.60. The van der Waals surface area contributed by atoms with E-state index >= 15 is 0 Å². The number of amides is 1. The number of hydrogen-bond donors (Lipinski definition) is 1. The van der Waals surface area contributed by atoms with E-state index < -0.39 is 16.1 Å². The molecule has 1 N–H and O–H groups in total. The molecular formula is C9H19N3O3S. The zero-order valence-corrected chi connectivity index (χ0v) is 10.7. The van der Waals surface area contributed by atoms with E-state index in [-0.39, 0.29) is 6.04 Å². The van der Waals surface area contributed by atoms with E-state index in [0.29, 0.717) is 6.54 Å². The van der Waals surface area contributed by atoms with Crippen molar-refractivity contribution in [1.29, 1.82) is 0 Å². The van der Waals surface area contributed by atoms with Gasteiger partial charge in [-0.15, -0.1) is 0 Å². The molecule has 1 rings (SSSR count). The van der Waals surface area contributed by atoms with Crippen LogP contribution in [0.4, 0.5) is 0 Å². The third-order valence-electron chi connectivity index (χ3n) is 2.62. The lowest BCUT2D eigenvalue weighted by atomic mass is 10.1. The molecule has 0 saturated carbocycles. The van der Waals surface area contributed by atoms with Crippen molar-refractivity contribution in [3.05, 3.63) is 0 Å². The molecule has 1 aliphatic heterocycles. The molecule has 1 saturated heterocycles. The molecule has 1 fully saturated rings. The molecule has 16 heavy (non-hydrogen) atoms. The summed E-state index contributed by atoms with van der Waals surface area (Å²) in [4.78, 5) is 11.5. The zero-order chi connectivity index (χ0) is 12.3. The van der Waals surface area contributed by atoms with Crippen molar-refractivity contribution >= 4 is 16.1 Å². The number of nitrogens with zero attached hydrogens (tertiary/aromatic N) is 2. The van der Waals surface area contributed by atoms with Crippen molar-refractivity contribution in [3.8, 4) is 0 Å². The first-order valence-electron chi connectivity index (χ1n) is 5.30. The molecule has 0 aromatic heterocycles. The van der Waals surface area contributed by atoms with E-state index in [1.807, 2.05) is 0 Å². The van der Waals surface area contributed by atoms with Gasteiger partial charge in [-0.25, -0.2) is 4.31 Å². The standard InChI is InChI=1S/C9H19N3O3S/c1-8(13)12(16(14,15)11(2)3)9-5-4-6-10-7-9/h9-10H,4-7H2,1-3H3. The quantitative estimate of drug-likeness (QED) is 0.724. The molecule has 0 radical (unpaired) electrons. The van der Waals surface area contributed by atoms with Crippen LogP contribution in [0.5, 0.6) is 0 Å². The molecule has 1 aliphatic rings. The molecule has 1 heterocycles. The van der Waals surface area contributed by atoms with Crippen molar-refractivity contribution in [1.82, 2.24) is 13.9 Å². The van der Waals surface area contributed by atoms with Crippen LogP contribution in [0.25, 0.3) is 0 Å². The van der Waals surface area contributed by atoms with Crippen LogP contribution in [0, 0.1) is 0 Å². The summed E-state index contributed by atoms with van der Waals surface area (Å²) in [7, 11) is -0.797. The highest BCUT2D eigenvalue weighted by Crippen LogP contribution is 2.16. The Hall–Kier alpha value is -0.660. The molecule has 1 atom stereocenters. The summed E-state index contributed by atoms with van der Waals surface area (Å²) in [5.74, 6) is -0.428. The van der Waals surface area contributed by atoms with Crippen molar-refractivity contribution in [2.24, 2.45) is 0 Å². The summed E-state index contributed by atoms with van der Waals surface area (Å²) in [5, 5.41) is 3.10. The maximum Gasteiger partial charge on any atom is 0.306 e. The fraction of sp³-hybridized carbons (Fsp3) is 0.889. The summed E-state index contributed by atoms with van der Waals surface area (Å²) >= 11 is 0. The largest absolute Gasteiger partial charge is 0.315 e. The Morgan fingerprint density at radius 1 is 1.38 bits per heavy atom. The highest BCUT2D eigenvalue weighted by Gasteiger charge is 2.34. The minimum Gasteiger partial charge on any atom is -0.315 e. The third kappa shape index (κ3) is 2.72. The van der Waals surface area contributed by atoms with Gasteiger partial charge in [-0.1, -0.05) is 0 Å². The number of nitrogens with one attached hydrogen (secondary N) is 1. The van der Waals surface area contributed by atoms with Gasteiger partial charge in [0.1, 0.15) is 0 Å². The smallest absolute Gasteiger partial charge is 0.306 e. The van der Waals surface area contributed by atoms with Crippen LogP contribution in [0.15, 0.2) is 0 Å². The molecule has 0 aliphatic carbocycles. The Labute approximate surface area is 96.8 Å². The Kier molecular flexibility index (Phi) is 4.28. The van der Waals surface area contributed by atoms with Crippen molar-refractivity contribution < 1.29 is 13.2 Å². The molecule has 7 heteroatoms. The van der Waals surface area contributed by atoms with Gasteiger partial charge in [0, 0.05) is 27.6 Å². The van der Waals surface area contributed by atoms with Crippen LogP contribution in [-0.4, -0.2) is 56.2 Å². The first-order valence-corrected chi connectivity index (χ1v) is 6.70. The average Bonchev–Trinajstić information content (AvgIpc) is 2.18. The fourth-order valence-electron chi connectivity index (χ4n) is 1.82. The molecule has 94 valence electrons. The normalized spacial score (nSPS) is 22.1. The number of rotatable bonds is 3. The van der Waals surface area contributed by atoms with Crippen LogP contribution in [0.3, 0.4) is 0 Å². The van der Waals surface area contributed by atoms with Gasteiger partial charge in [-0.2, -0.15) is 12.7 Å². The van der Waals surface area contributed by atoms with Gasteiger partial charge in [0.15, 0.2) is 0 Å². The second kappa shape index (κ2) is 5.11. The van der Waals surface area contributed by atoms with Gasteiger partial charge in [0.25, 0.3) is 0 Å². The van der Waals surface area contributed by atoms with E-state index in [2.05, 4.69) is 5.32 Å². The van der Waals surface area contributed by atoms with Crippen LogP contribution < -0.4 is 5.32 Å². The molecule has 0 aromatic rings. The van der Waals surface area contributed by atoms with E-state index in [1.165, 1.54) is 21.0 Å².